The van der Waals surface area contributed by atoms with Gasteiger partial charge in [-0.05, 0) is 38.6 Å². The summed E-state index contributed by atoms with van der Waals surface area (Å²) in [5.74, 6) is 0.722. The third-order valence-corrected chi connectivity index (χ3v) is 5.41. The van der Waals surface area contributed by atoms with Crippen LogP contribution in [0.1, 0.15) is 12.8 Å². The highest BCUT2D eigenvalue weighted by Gasteiger charge is 2.18. The maximum Gasteiger partial charge on any atom is 0.191 e. The van der Waals surface area contributed by atoms with Crippen LogP contribution in [-0.2, 0) is 4.74 Å². The van der Waals surface area contributed by atoms with Gasteiger partial charge in [0, 0.05) is 73.1 Å². The van der Waals surface area contributed by atoms with E-state index in [-0.39, 0.29) is 29.8 Å². The summed E-state index contributed by atoms with van der Waals surface area (Å²) in [6.07, 6.45) is 2.10. The van der Waals surface area contributed by atoms with Crippen molar-refractivity contribution in [3.05, 3.63) is 30.1 Å². The Morgan fingerprint density at radius 3 is 2.48 bits per heavy atom. The molecule has 0 unspecified atom stereocenters. The second-order valence-electron chi connectivity index (χ2n) is 7.71. The summed E-state index contributed by atoms with van der Waals surface area (Å²) < 4.78 is 19.0. The Bertz CT molecular complexity index is 628. The molecule has 1 aliphatic heterocycles. The van der Waals surface area contributed by atoms with E-state index >= 15 is 0 Å². The van der Waals surface area contributed by atoms with Crippen LogP contribution in [0, 0.1) is 5.82 Å². The van der Waals surface area contributed by atoms with Gasteiger partial charge in [0.15, 0.2) is 5.96 Å². The van der Waals surface area contributed by atoms with Crippen molar-refractivity contribution in [1.29, 1.82) is 0 Å². The van der Waals surface area contributed by atoms with Gasteiger partial charge in [-0.1, -0.05) is 12.1 Å². The average Bonchev–Trinajstić information content (AvgIpc) is 2.76. The number of hydrogen-bond acceptors (Lipinski definition) is 5. The van der Waals surface area contributed by atoms with Crippen molar-refractivity contribution >= 4 is 35.6 Å². The first-order valence-corrected chi connectivity index (χ1v) is 11.0. The summed E-state index contributed by atoms with van der Waals surface area (Å²) in [5, 5.41) is 6.76. The molecule has 0 radical (unpaired) electrons. The second kappa shape index (κ2) is 16.5. The molecule has 0 amide bonds. The van der Waals surface area contributed by atoms with Gasteiger partial charge in [0.25, 0.3) is 0 Å². The summed E-state index contributed by atoms with van der Waals surface area (Å²) in [7, 11) is 5.67. The molecule has 1 aliphatic rings. The quantitative estimate of drug-likeness (QED) is 0.180. The Kier molecular flexibility index (Phi) is 14.8. The van der Waals surface area contributed by atoms with Crippen LogP contribution in [0.2, 0.25) is 0 Å². The minimum atomic E-state index is -0.129. The standard InChI is InChI=1S/C22H39FN6O.HI/c1-24-22(26-11-14-27(2)12-7-19-30-3)25-10-6-13-28-15-17-29(18-16-28)21-9-5-4-8-20(21)23;/h4-5,8-9H,6-7,10-19H2,1-3H3,(H2,24,25,26);1H. The van der Waals surface area contributed by atoms with E-state index < -0.39 is 0 Å². The number of anilines is 1. The van der Waals surface area contributed by atoms with E-state index in [0.717, 1.165) is 90.0 Å². The van der Waals surface area contributed by atoms with Crippen molar-refractivity contribution in [2.45, 2.75) is 12.8 Å². The number of nitrogens with one attached hydrogen (secondary N) is 2. The number of hydrogen-bond donors (Lipinski definition) is 2. The van der Waals surface area contributed by atoms with E-state index in [1.54, 1.807) is 20.2 Å². The molecule has 1 fully saturated rings. The predicted octanol–water partition coefficient (Wildman–Crippen LogP) is 2.09. The van der Waals surface area contributed by atoms with Crippen LogP contribution in [-0.4, -0.2) is 102 Å². The summed E-state index contributed by atoms with van der Waals surface area (Å²) >= 11 is 0. The number of rotatable bonds is 12. The molecular formula is C22H40FIN6O. The molecule has 178 valence electrons. The number of ether oxygens (including phenoxy) is 1. The molecular weight excluding hydrogens is 510 g/mol. The van der Waals surface area contributed by atoms with Crippen molar-refractivity contribution < 1.29 is 9.13 Å². The highest BCUT2D eigenvalue weighted by molar-refractivity contribution is 14.0. The monoisotopic (exact) mass is 550 g/mol. The van der Waals surface area contributed by atoms with Gasteiger partial charge in [-0.25, -0.2) is 4.39 Å². The summed E-state index contributed by atoms with van der Waals surface area (Å²) in [4.78, 5) is 11.2. The Morgan fingerprint density at radius 1 is 1.10 bits per heavy atom. The minimum absolute atomic E-state index is 0. The number of para-hydroxylation sites is 1. The van der Waals surface area contributed by atoms with Gasteiger partial charge in [0.05, 0.1) is 5.69 Å². The van der Waals surface area contributed by atoms with E-state index in [0.29, 0.717) is 0 Å². The third kappa shape index (κ3) is 10.8. The highest BCUT2D eigenvalue weighted by atomic mass is 127. The molecule has 0 aliphatic carbocycles. The molecule has 2 N–H and O–H groups in total. The lowest BCUT2D eigenvalue weighted by molar-refractivity contribution is 0.180. The van der Waals surface area contributed by atoms with Crippen LogP contribution in [0.5, 0.6) is 0 Å². The van der Waals surface area contributed by atoms with Crippen molar-refractivity contribution in [3.8, 4) is 0 Å². The minimum Gasteiger partial charge on any atom is -0.385 e. The number of piperazine rings is 1. The molecule has 0 saturated carbocycles. The van der Waals surface area contributed by atoms with E-state index in [2.05, 4.69) is 37.4 Å². The molecule has 0 spiro atoms. The lowest BCUT2D eigenvalue weighted by Gasteiger charge is -2.36. The van der Waals surface area contributed by atoms with Crippen molar-refractivity contribution in [1.82, 2.24) is 20.4 Å². The van der Waals surface area contributed by atoms with Crippen LogP contribution >= 0.6 is 24.0 Å². The Labute approximate surface area is 204 Å². The number of guanidine groups is 1. The molecule has 1 aromatic rings. The normalized spacial score (nSPS) is 15.1. The molecule has 1 heterocycles. The van der Waals surface area contributed by atoms with E-state index in [4.69, 9.17) is 4.74 Å². The maximum absolute atomic E-state index is 13.9. The first-order chi connectivity index (χ1) is 14.6. The number of nitrogens with zero attached hydrogens (tertiary/aromatic N) is 4. The SMILES string of the molecule is CN=C(NCCCN1CCN(c2ccccc2F)CC1)NCCN(C)CCCOC.I. The molecule has 2 rings (SSSR count). The van der Waals surface area contributed by atoms with Gasteiger partial charge in [0.2, 0.25) is 0 Å². The van der Waals surface area contributed by atoms with Crippen LogP contribution in [0.3, 0.4) is 0 Å². The van der Waals surface area contributed by atoms with Crippen LogP contribution in [0.15, 0.2) is 29.3 Å². The smallest absolute Gasteiger partial charge is 0.191 e. The number of benzene rings is 1. The van der Waals surface area contributed by atoms with Crippen LogP contribution in [0.4, 0.5) is 10.1 Å². The van der Waals surface area contributed by atoms with E-state index in [1.807, 2.05) is 12.1 Å². The first-order valence-electron chi connectivity index (χ1n) is 11.0. The molecule has 1 aromatic carbocycles. The Hall–Kier alpha value is -1.17. The molecule has 1 saturated heterocycles. The largest absolute Gasteiger partial charge is 0.385 e. The molecule has 31 heavy (non-hydrogen) atoms. The van der Waals surface area contributed by atoms with Crippen molar-refractivity contribution in [2.24, 2.45) is 4.99 Å². The second-order valence-corrected chi connectivity index (χ2v) is 7.71. The Balaban J connectivity index is 0.00000480. The van der Waals surface area contributed by atoms with Gasteiger partial charge in [-0.3, -0.25) is 9.89 Å². The average molecular weight is 551 g/mol. The van der Waals surface area contributed by atoms with Gasteiger partial charge in [-0.15, -0.1) is 24.0 Å². The molecule has 7 nitrogen and oxygen atoms in total. The van der Waals surface area contributed by atoms with E-state index in [9.17, 15) is 4.39 Å². The highest BCUT2D eigenvalue weighted by Crippen LogP contribution is 2.20. The van der Waals surface area contributed by atoms with Gasteiger partial charge in [0.1, 0.15) is 5.82 Å². The molecule has 9 heteroatoms. The maximum atomic E-state index is 13.9. The fourth-order valence-corrected chi connectivity index (χ4v) is 3.61. The fourth-order valence-electron chi connectivity index (χ4n) is 3.61. The van der Waals surface area contributed by atoms with Crippen LogP contribution in [0.25, 0.3) is 0 Å². The topological polar surface area (TPSA) is 55.4 Å². The predicted molar refractivity (Wildman–Crippen MR) is 138 cm³/mol. The van der Waals surface area contributed by atoms with Gasteiger partial charge in [-0.2, -0.15) is 0 Å². The number of likely N-dealkylation sites (N-methyl/N-ethyl adjacent to an activating group) is 1. The zero-order valence-electron chi connectivity index (χ0n) is 19.3. The first kappa shape index (κ1) is 27.9. The molecule has 0 aromatic heterocycles. The van der Waals surface area contributed by atoms with Gasteiger partial charge < -0.3 is 25.2 Å². The van der Waals surface area contributed by atoms with Gasteiger partial charge >= 0.3 is 0 Å². The summed E-state index contributed by atoms with van der Waals surface area (Å²) in [6, 6.07) is 7.04. The fraction of sp³-hybridized carbons (Fsp3) is 0.682. The lowest BCUT2D eigenvalue weighted by Crippen LogP contribution is -2.47. The zero-order valence-corrected chi connectivity index (χ0v) is 21.6. The number of methoxy groups -OCH3 is 1. The Morgan fingerprint density at radius 2 is 1.81 bits per heavy atom. The number of aliphatic imine (C=N–C) groups is 1. The lowest BCUT2D eigenvalue weighted by atomic mass is 10.2. The molecule has 0 bridgehead atoms. The van der Waals surface area contributed by atoms with Crippen LogP contribution < -0.4 is 15.5 Å². The third-order valence-electron chi connectivity index (χ3n) is 5.41. The van der Waals surface area contributed by atoms with Crippen molar-refractivity contribution in [2.75, 3.05) is 91.6 Å². The summed E-state index contributed by atoms with van der Waals surface area (Å²) in [5.41, 5.74) is 0.720. The molecule has 0 atom stereocenters. The van der Waals surface area contributed by atoms with Crippen molar-refractivity contribution in [3.63, 3.8) is 0 Å². The number of halogens is 2. The van der Waals surface area contributed by atoms with E-state index in [1.165, 1.54) is 6.07 Å². The zero-order chi connectivity index (χ0) is 21.6. The summed E-state index contributed by atoms with van der Waals surface area (Å²) in [6.45, 7) is 9.27.